The molecule has 2 amide bonds. The number of carboxylic acids is 1. The maximum Gasteiger partial charge on any atom is 0.317 e. The van der Waals surface area contributed by atoms with Gasteiger partial charge in [-0.3, -0.25) is 4.79 Å². The van der Waals surface area contributed by atoms with Gasteiger partial charge >= 0.3 is 12.0 Å². The van der Waals surface area contributed by atoms with Gasteiger partial charge < -0.3 is 15.3 Å². The fourth-order valence-electron chi connectivity index (χ4n) is 2.97. The fraction of sp³-hybridized carbons (Fsp3) is 0.867. The number of carbonyl (C=O) groups is 2. The molecule has 0 heterocycles. The summed E-state index contributed by atoms with van der Waals surface area (Å²) in [5.74, 6) is -0.883. The maximum absolute atomic E-state index is 11.9. The van der Waals surface area contributed by atoms with Gasteiger partial charge in [-0.25, -0.2) is 4.79 Å². The zero-order chi connectivity index (χ0) is 15.3. The van der Waals surface area contributed by atoms with Crippen molar-refractivity contribution in [3.63, 3.8) is 0 Å². The highest BCUT2D eigenvalue weighted by Gasteiger charge is 2.28. The summed E-state index contributed by atoms with van der Waals surface area (Å²) >= 11 is 0. The maximum atomic E-state index is 11.9. The normalized spacial score (nSPS) is 22.9. The zero-order valence-electron chi connectivity index (χ0n) is 13.1. The van der Waals surface area contributed by atoms with Gasteiger partial charge in [0.15, 0.2) is 0 Å². The summed E-state index contributed by atoms with van der Waals surface area (Å²) in [6.45, 7) is 7.09. The van der Waals surface area contributed by atoms with E-state index in [1.54, 1.807) is 14.0 Å². The van der Waals surface area contributed by atoms with Crippen molar-refractivity contribution in [1.82, 2.24) is 10.2 Å². The molecule has 2 unspecified atom stereocenters. The Bertz CT molecular complexity index is 355. The molecule has 0 saturated heterocycles. The number of hydrogen-bond acceptors (Lipinski definition) is 2. The second-order valence-electron chi connectivity index (χ2n) is 6.93. The molecular formula is C15H28N2O3. The van der Waals surface area contributed by atoms with E-state index in [0.29, 0.717) is 17.9 Å². The molecule has 1 aliphatic carbocycles. The number of urea groups is 1. The molecule has 0 spiro atoms. The van der Waals surface area contributed by atoms with E-state index < -0.39 is 11.9 Å². The highest BCUT2D eigenvalue weighted by Crippen LogP contribution is 2.38. The second kappa shape index (κ2) is 6.95. The average Bonchev–Trinajstić information content (AvgIpc) is 2.34. The second-order valence-corrected chi connectivity index (χ2v) is 6.93. The summed E-state index contributed by atoms with van der Waals surface area (Å²) < 4.78 is 0. The summed E-state index contributed by atoms with van der Waals surface area (Å²) in [4.78, 5) is 24.2. The molecule has 0 aromatic rings. The van der Waals surface area contributed by atoms with Crippen molar-refractivity contribution < 1.29 is 14.7 Å². The number of nitrogens with zero attached hydrogens (tertiary/aromatic N) is 1. The minimum Gasteiger partial charge on any atom is -0.481 e. The van der Waals surface area contributed by atoms with Gasteiger partial charge in [0.25, 0.3) is 0 Å². The number of hydrogen-bond donors (Lipinski definition) is 2. The van der Waals surface area contributed by atoms with Gasteiger partial charge in [-0.1, -0.05) is 27.2 Å². The van der Waals surface area contributed by atoms with Crippen LogP contribution in [0.25, 0.3) is 0 Å². The number of aliphatic carboxylic acids is 1. The lowest BCUT2D eigenvalue weighted by molar-refractivity contribution is -0.141. The number of rotatable bonds is 5. The lowest BCUT2D eigenvalue weighted by atomic mass is 9.72. The summed E-state index contributed by atoms with van der Waals surface area (Å²) in [6.07, 6.45) is 4.79. The van der Waals surface area contributed by atoms with Crippen LogP contribution in [0, 0.1) is 17.3 Å². The van der Waals surface area contributed by atoms with Crippen molar-refractivity contribution in [3.8, 4) is 0 Å². The lowest BCUT2D eigenvalue weighted by Gasteiger charge is -2.35. The van der Waals surface area contributed by atoms with Gasteiger partial charge in [0.2, 0.25) is 0 Å². The minimum atomic E-state index is -0.876. The molecule has 116 valence electrons. The highest BCUT2D eigenvalue weighted by molar-refractivity contribution is 5.75. The van der Waals surface area contributed by atoms with Crippen LogP contribution >= 0.6 is 0 Å². The predicted molar refractivity (Wildman–Crippen MR) is 78.6 cm³/mol. The summed E-state index contributed by atoms with van der Waals surface area (Å²) in [5, 5.41) is 11.8. The molecule has 2 atom stereocenters. The zero-order valence-corrected chi connectivity index (χ0v) is 13.1. The molecule has 0 aromatic carbocycles. The minimum absolute atomic E-state index is 0.179. The number of nitrogens with one attached hydrogen (secondary N) is 1. The van der Waals surface area contributed by atoms with E-state index in [1.807, 2.05) is 0 Å². The number of carboxylic acid groups (broad SMARTS) is 1. The Morgan fingerprint density at radius 3 is 2.65 bits per heavy atom. The van der Waals surface area contributed by atoms with Crippen molar-refractivity contribution in [1.29, 1.82) is 0 Å². The molecule has 0 aromatic heterocycles. The molecule has 1 fully saturated rings. The van der Waals surface area contributed by atoms with Crippen LogP contribution in [0.2, 0.25) is 0 Å². The third kappa shape index (κ3) is 5.39. The molecule has 1 aliphatic rings. The average molecular weight is 284 g/mol. The van der Waals surface area contributed by atoms with Crippen LogP contribution < -0.4 is 5.32 Å². The fourth-order valence-corrected chi connectivity index (χ4v) is 2.97. The quantitative estimate of drug-likeness (QED) is 0.815. The van der Waals surface area contributed by atoms with E-state index in [4.69, 9.17) is 5.11 Å². The van der Waals surface area contributed by atoms with Crippen molar-refractivity contribution >= 4 is 12.0 Å². The lowest BCUT2D eigenvalue weighted by Crippen LogP contribution is -2.43. The third-order valence-electron chi connectivity index (χ3n) is 4.17. The summed E-state index contributed by atoms with van der Waals surface area (Å²) in [5.41, 5.74) is 0.372. The van der Waals surface area contributed by atoms with Crippen molar-refractivity contribution in [2.75, 3.05) is 20.1 Å². The molecular weight excluding hydrogens is 256 g/mol. The Morgan fingerprint density at radius 2 is 2.10 bits per heavy atom. The molecule has 1 saturated carbocycles. The van der Waals surface area contributed by atoms with Crippen LogP contribution in [0.4, 0.5) is 4.79 Å². The topological polar surface area (TPSA) is 69.6 Å². The Kier molecular flexibility index (Phi) is 5.84. The molecule has 0 bridgehead atoms. The van der Waals surface area contributed by atoms with E-state index in [-0.39, 0.29) is 12.6 Å². The Balaban J connectivity index is 2.33. The van der Waals surface area contributed by atoms with Crippen molar-refractivity contribution in [2.45, 2.75) is 46.5 Å². The van der Waals surface area contributed by atoms with Crippen LogP contribution in [-0.2, 0) is 4.79 Å². The molecule has 5 heteroatoms. The Labute approximate surface area is 121 Å². The SMILES string of the molecule is CC(CN(C)C(=O)NCC1CCCC(C)(C)C1)C(=O)O. The monoisotopic (exact) mass is 284 g/mol. The van der Waals surface area contributed by atoms with Gasteiger partial charge in [-0.2, -0.15) is 0 Å². The number of amides is 2. The molecule has 2 N–H and O–H groups in total. The summed E-state index contributed by atoms with van der Waals surface area (Å²) in [6, 6.07) is -0.179. The van der Waals surface area contributed by atoms with Crippen molar-refractivity contribution in [2.24, 2.45) is 17.3 Å². The largest absolute Gasteiger partial charge is 0.481 e. The van der Waals surface area contributed by atoms with E-state index in [9.17, 15) is 9.59 Å². The molecule has 5 nitrogen and oxygen atoms in total. The number of carbonyl (C=O) groups excluding carboxylic acids is 1. The highest BCUT2D eigenvalue weighted by atomic mass is 16.4. The van der Waals surface area contributed by atoms with Gasteiger partial charge in [-0.05, 0) is 30.6 Å². The van der Waals surface area contributed by atoms with Crippen LogP contribution in [0.1, 0.15) is 46.5 Å². The molecule has 0 aliphatic heterocycles. The first-order valence-corrected chi connectivity index (χ1v) is 7.43. The molecule has 0 radical (unpaired) electrons. The van der Waals surface area contributed by atoms with Gasteiger partial charge in [-0.15, -0.1) is 0 Å². The standard InChI is InChI=1S/C15H28N2O3/c1-11(13(18)19)10-17(4)14(20)16-9-12-6-5-7-15(2,3)8-12/h11-12H,5-10H2,1-4H3,(H,16,20)(H,18,19). The Hall–Kier alpha value is -1.26. The van der Waals surface area contributed by atoms with E-state index in [0.717, 1.165) is 6.42 Å². The van der Waals surface area contributed by atoms with E-state index >= 15 is 0 Å². The van der Waals surface area contributed by atoms with Gasteiger partial charge in [0.05, 0.1) is 5.92 Å². The van der Waals surface area contributed by atoms with Crippen molar-refractivity contribution in [3.05, 3.63) is 0 Å². The third-order valence-corrected chi connectivity index (χ3v) is 4.17. The van der Waals surface area contributed by atoms with Crippen LogP contribution in [0.3, 0.4) is 0 Å². The first-order valence-electron chi connectivity index (χ1n) is 7.43. The first-order chi connectivity index (χ1) is 9.21. The first kappa shape index (κ1) is 16.8. The van der Waals surface area contributed by atoms with Crippen LogP contribution in [0.5, 0.6) is 0 Å². The smallest absolute Gasteiger partial charge is 0.317 e. The molecule has 20 heavy (non-hydrogen) atoms. The van der Waals surface area contributed by atoms with Crippen LogP contribution in [-0.4, -0.2) is 42.1 Å². The predicted octanol–water partition coefficient (Wildman–Crippen LogP) is 2.56. The van der Waals surface area contributed by atoms with Crippen LogP contribution in [0.15, 0.2) is 0 Å². The van der Waals surface area contributed by atoms with E-state index in [2.05, 4.69) is 19.2 Å². The van der Waals surface area contributed by atoms with Gasteiger partial charge in [0.1, 0.15) is 0 Å². The Morgan fingerprint density at radius 1 is 1.45 bits per heavy atom. The molecule has 1 rings (SSSR count). The van der Waals surface area contributed by atoms with Gasteiger partial charge in [0, 0.05) is 20.1 Å². The summed E-state index contributed by atoms with van der Waals surface area (Å²) in [7, 11) is 1.64. The van der Waals surface area contributed by atoms with E-state index in [1.165, 1.54) is 24.2 Å².